The average molecular weight is 279 g/mol. The van der Waals surface area contributed by atoms with Crippen molar-refractivity contribution in [2.24, 2.45) is 5.73 Å². The summed E-state index contributed by atoms with van der Waals surface area (Å²) >= 11 is 0. The minimum Gasteiger partial charge on any atom is -0.337 e. The summed E-state index contributed by atoms with van der Waals surface area (Å²) in [4.78, 5) is 4.44. The largest absolute Gasteiger partial charge is 0.337 e. The first-order valence-electron chi connectivity index (χ1n) is 6.87. The molecule has 0 saturated heterocycles. The second-order valence-electron chi connectivity index (χ2n) is 5.16. The summed E-state index contributed by atoms with van der Waals surface area (Å²) in [6, 6.07) is 15.5. The molecule has 0 fully saturated rings. The molecule has 0 saturated carbocycles. The van der Waals surface area contributed by atoms with Crippen molar-refractivity contribution in [2.75, 3.05) is 0 Å². The van der Waals surface area contributed by atoms with Gasteiger partial charge in [0.1, 0.15) is 6.04 Å². The monoisotopic (exact) mass is 279 g/mol. The Labute approximate surface area is 123 Å². The summed E-state index contributed by atoms with van der Waals surface area (Å²) in [6.07, 6.45) is 0. The van der Waals surface area contributed by atoms with Crippen LogP contribution in [0.3, 0.4) is 0 Å². The molecule has 21 heavy (non-hydrogen) atoms. The van der Waals surface area contributed by atoms with E-state index in [1.807, 2.05) is 49.4 Å². The molecule has 1 aromatic heterocycles. The molecule has 2 aromatic carbocycles. The molecule has 1 unspecified atom stereocenters. The highest BCUT2D eigenvalue weighted by molar-refractivity contribution is 5.60. The van der Waals surface area contributed by atoms with Crippen molar-refractivity contribution in [3.8, 4) is 11.4 Å². The third-order valence-electron chi connectivity index (χ3n) is 3.49. The number of benzene rings is 2. The van der Waals surface area contributed by atoms with Crippen LogP contribution in [0.15, 0.2) is 53.1 Å². The van der Waals surface area contributed by atoms with E-state index in [2.05, 4.69) is 23.1 Å². The van der Waals surface area contributed by atoms with Gasteiger partial charge >= 0.3 is 0 Å². The van der Waals surface area contributed by atoms with Gasteiger partial charge in [0.25, 0.3) is 0 Å². The normalized spacial score (nSPS) is 12.3. The smallest absolute Gasteiger partial charge is 0.248 e. The Morgan fingerprint density at radius 3 is 2.52 bits per heavy atom. The molecular weight excluding hydrogens is 262 g/mol. The average Bonchev–Trinajstić information content (AvgIpc) is 2.97. The topological polar surface area (TPSA) is 64.9 Å². The van der Waals surface area contributed by atoms with E-state index in [1.54, 1.807) is 0 Å². The van der Waals surface area contributed by atoms with E-state index in [0.29, 0.717) is 11.7 Å². The number of hydrogen-bond donors (Lipinski definition) is 1. The molecule has 3 rings (SSSR count). The lowest BCUT2D eigenvalue weighted by Gasteiger charge is -2.05. The van der Waals surface area contributed by atoms with Gasteiger partial charge in [-0.2, -0.15) is 4.98 Å². The molecule has 1 atom stereocenters. The van der Waals surface area contributed by atoms with Crippen LogP contribution in [0.2, 0.25) is 0 Å². The van der Waals surface area contributed by atoms with Crippen LogP contribution in [0.1, 0.15) is 28.6 Å². The number of aryl methyl sites for hydroxylation is 2. The van der Waals surface area contributed by atoms with Crippen LogP contribution in [0, 0.1) is 13.8 Å². The highest BCUT2D eigenvalue weighted by atomic mass is 16.5. The highest BCUT2D eigenvalue weighted by Gasteiger charge is 2.18. The van der Waals surface area contributed by atoms with E-state index in [-0.39, 0.29) is 0 Å². The summed E-state index contributed by atoms with van der Waals surface area (Å²) in [6.45, 7) is 4.10. The minimum atomic E-state index is -0.404. The Balaban J connectivity index is 1.93. The Hall–Kier alpha value is -2.46. The van der Waals surface area contributed by atoms with Crippen LogP contribution in [0.4, 0.5) is 0 Å². The van der Waals surface area contributed by atoms with Gasteiger partial charge in [-0.05, 0) is 25.0 Å². The van der Waals surface area contributed by atoms with Crippen LogP contribution in [-0.2, 0) is 0 Å². The number of hydrogen-bond acceptors (Lipinski definition) is 4. The quantitative estimate of drug-likeness (QED) is 0.798. The zero-order valence-electron chi connectivity index (χ0n) is 12.1. The van der Waals surface area contributed by atoms with Gasteiger partial charge in [0.05, 0.1) is 0 Å². The number of aromatic nitrogens is 2. The summed E-state index contributed by atoms with van der Waals surface area (Å²) in [5.74, 6) is 1.00. The lowest BCUT2D eigenvalue weighted by atomic mass is 10.1. The van der Waals surface area contributed by atoms with Crippen molar-refractivity contribution in [3.63, 3.8) is 0 Å². The molecule has 0 amide bonds. The van der Waals surface area contributed by atoms with Gasteiger partial charge < -0.3 is 10.3 Å². The molecule has 3 aromatic rings. The molecule has 0 bridgehead atoms. The predicted octanol–water partition coefficient (Wildman–Crippen LogP) is 3.40. The van der Waals surface area contributed by atoms with E-state index in [1.165, 1.54) is 5.56 Å². The molecule has 106 valence electrons. The van der Waals surface area contributed by atoms with Gasteiger partial charge in [0, 0.05) is 5.56 Å². The maximum atomic E-state index is 6.17. The van der Waals surface area contributed by atoms with Crippen LogP contribution in [0.25, 0.3) is 11.4 Å². The Morgan fingerprint density at radius 1 is 1.05 bits per heavy atom. The molecule has 0 aliphatic heterocycles. The first-order valence-corrected chi connectivity index (χ1v) is 6.87. The van der Waals surface area contributed by atoms with Crippen LogP contribution in [-0.4, -0.2) is 10.1 Å². The SMILES string of the molecule is Cc1ccc(-c2noc(C(N)c3ccccc3)n2)c(C)c1. The Bertz CT molecular complexity index is 750. The van der Waals surface area contributed by atoms with Crippen LogP contribution < -0.4 is 5.73 Å². The third-order valence-corrected chi connectivity index (χ3v) is 3.49. The minimum absolute atomic E-state index is 0.404. The van der Waals surface area contributed by atoms with Gasteiger partial charge in [0.15, 0.2) is 0 Å². The molecule has 0 spiro atoms. The second kappa shape index (κ2) is 5.50. The maximum Gasteiger partial charge on any atom is 0.248 e. The van der Waals surface area contributed by atoms with Crippen molar-refractivity contribution in [3.05, 3.63) is 71.1 Å². The standard InChI is InChI=1S/C17H17N3O/c1-11-8-9-14(12(2)10-11)16-19-17(21-20-16)15(18)13-6-4-3-5-7-13/h3-10,15H,18H2,1-2H3. The molecule has 2 N–H and O–H groups in total. The third kappa shape index (κ3) is 2.71. The van der Waals surface area contributed by atoms with Gasteiger partial charge in [0.2, 0.25) is 11.7 Å². The molecule has 0 aliphatic rings. The first-order chi connectivity index (χ1) is 10.1. The lowest BCUT2D eigenvalue weighted by Crippen LogP contribution is -2.11. The first kappa shape index (κ1) is 13.5. The fourth-order valence-electron chi connectivity index (χ4n) is 2.34. The Kier molecular flexibility index (Phi) is 3.54. The van der Waals surface area contributed by atoms with E-state index in [0.717, 1.165) is 16.7 Å². The summed E-state index contributed by atoms with van der Waals surface area (Å²) in [7, 11) is 0. The predicted molar refractivity (Wildman–Crippen MR) is 81.7 cm³/mol. The zero-order valence-corrected chi connectivity index (χ0v) is 12.1. The lowest BCUT2D eigenvalue weighted by molar-refractivity contribution is 0.367. The van der Waals surface area contributed by atoms with Crippen LogP contribution in [0.5, 0.6) is 0 Å². The molecule has 1 heterocycles. The van der Waals surface area contributed by atoms with Crippen molar-refractivity contribution in [1.82, 2.24) is 10.1 Å². The zero-order chi connectivity index (χ0) is 14.8. The molecule has 4 heteroatoms. The Morgan fingerprint density at radius 2 is 1.81 bits per heavy atom. The van der Waals surface area contributed by atoms with Crippen LogP contribution >= 0.6 is 0 Å². The molecule has 4 nitrogen and oxygen atoms in total. The number of nitrogens with two attached hydrogens (primary N) is 1. The van der Waals surface area contributed by atoms with E-state index in [4.69, 9.17) is 10.3 Å². The van der Waals surface area contributed by atoms with Crippen molar-refractivity contribution in [2.45, 2.75) is 19.9 Å². The van der Waals surface area contributed by atoms with Crippen molar-refractivity contribution >= 4 is 0 Å². The fraction of sp³-hybridized carbons (Fsp3) is 0.176. The summed E-state index contributed by atoms with van der Waals surface area (Å²) in [5, 5.41) is 4.06. The molecule has 0 radical (unpaired) electrons. The van der Waals surface area contributed by atoms with Crippen molar-refractivity contribution < 1.29 is 4.52 Å². The van der Waals surface area contributed by atoms with E-state index < -0.39 is 6.04 Å². The van der Waals surface area contributed by atoms with Gasteiger partial charge in [-0.3, -0.25) is 0 Å². The van der Waals surface area contributed by atoms with Crippen molar-refractivity contribution in [1.29, 1.82) is 0 Å². The number of rotatable bonds is 3. The van der Waals surface area contributed by atoms with Gasteiger partial charge in [-0.15, -0.1) is 0 Å². The van der Waals surface area contributed by atoms with E-state index in [9.17, 15) is 0 Å². The fourth-order valence-corrected chi connectivity index (χ4v) is 2.34. The van der Waals surface area contributed by atoms with E-state index >= 15 is 0 Å². The summed E-state index contributed by atoms with van der Waals surface area (Å²) in [5.41, 5.74) is 10.4. The highest BCUT2D eigenvalue weighted by Crippen LogP contribution is 2.24. The summed E-state index contributed by atoms with van der Waals surface area (Å²) < 4.78 is 5.33. The number of nitrogens with zero attached hydrogens (tertiary/aromatic N) is 2. The second-order valence-corrected chi connectivity index (χ2v) is 5.16. The van der Waals surface area contributed by atoms with Gasteiger partial charge in [-0.1, -0.05) is 59.3 Å². The van der Waals surface area contributed by atoms with Gasteiger partial charge in [-0.25, -0.2) is 0 Å². The molecule has 0 aliphatic carbocycles. The maximum absolute atomic E-state index is 6.17. The molecular formula is C17H17N3O.